The van der Waals surface area contributed by atoms with Gasteiger partial charge in [-0.15, -0.1) is 11.8 Å². The molecule has 0 amide bonds. The summed E-state index contributed by atoms with van der Waals surface area (Å²) in [7, 11) is 0. The maximum Gasteiger partial charge on any atom is 0.127 e. The molecule has 0 radical (unpaired) electrons. The van der Waals surface area contributed by atoms with Gasteiger partial charge in [-0.1, -0.05) is 30.3 Å². The van der Waals surface area contributed by atoms with Gasteiger partial charge in [0.05, 0.1) is 0 Å². The third-order valence-corrected chi connectivity index (χ3v) is 3.40. The second-order valence-corrected chi connectivity index (χ2v) is 4.44. The van der Waals surface area contributed by atoms with Crippen LogP contribution < -0.4 is 5.73 Å². The molecule has 0 spiro atoms. The molecule has 0 saturated heterocycles. The van der Waals surface area contributed by atoms with E-state index in [-0.39, 0.29) is 5.82 Å². The molecule has 0 aliphatic heterocycles. The normalized spacial score (nSPS) is 10.3. The smallest absolute Gasteiger partial charge is 0.127 e. The highest BCUT2D eigenvalue weighted by Gasteiger charge is 2.03. The summed E-state index contributed by atoms with van der Waals surface area (Å²) in [5, 5.41) is 0. The van der Waals surface area contributed by atoms with Crippen LogP contribution in [0.4, 0.5) is 10.1 Å². The number of anilines is 1. The predicted octanol–water partition coefficient (Wildman–Crippen LogP) is 3.70. The zero-order chi connectivity index (χ0) is 11.4. The molecule has 2 rings (SSSR count). The van der Waals surface area contributed by atoms with E-state index in [2.05, 4.69) is 0 Å². The van der Waals surface area contributed by atoms with E-state index in [0.717, 1.165) is 10.6 Å². The lowest BCUT2D eigenvalue weighted by Crippen LogP contribution is -1.90. The summed E-state index contributed by atoms with van der Waals surface area (Å²) < 4.78 is 13.3. The van der Waals surface area contributed by atoms with Crippen molar-refractivity contribution in [2.45, 2.75) is 10.6 Å². The summed E-state index contributed by atoms with van der Waals surface area (Å²) in [5.41, 5.74) is 7.25. The van der Waals surface area contributed by atoms with Crippen molar-refractivity contribution in [3.63, 3.8) is 0 Å². The highest BCUT2D eigenvalue weighted by molar-refractivity contribution is 7.98. The topological polar surface area (TPSA) is 26.0 Å². The standard InChI is InChI=1S/C13H12FNS/c14-11-6-2-1-5-10(11)9-16-13-8-4-3-7-12(13)15/h1-8H,9,15H2. The Bertz CT molecular complexity index is 439. The number of benzene rings is 2. The van der Waals surface area contributed by atoms with Crippen LogP contribution in [0, 0.1) is 5.82 Å². The van der Waals surface area contributed by atoms with Gasteiger partial charge in [-0.3, -0.25) is 0 Å². The number of halogens is 1. The lowest BCUT2D eigenvalue weighted by Gasteiger charge is -2.05. The Hall–Kier alpha value is -1.48. The van der Waals surface area contributed by atoms with Gasteiger partial charge in [0, 0.05) is 16.3 Å². The quantitative estimate of drug-likeness (QED) is 0.646. The molecule has 0 heterocycles. The zero-order valence-corrected chi connectivity index (χ0v) is 9.51. The van der Waals surface area contributed by atoms with Crippen molar-refractivity contribution >= 4 is 17.4 Å². The lowest BCUT2D eigenvalue weighted by molar-refractivity contribution is 0.617. The Morgan fingerprint density at radius 1 is 1.00 bits per heavy atom. The van der Waals surface area contributed by atoms with Gasteiger partial charge in [-0.2, -0.15) is 0 Å². The van der Waals surface area contributed by atoms with Crippen LogP contribution in [0.25, 0.3) is 0 Å². The van der Waals surface area contributed by atoms with Gasteiger partial charge in [-0.25, -0.2) is 4.39 Å². The van der Waals surface area contributed by atoms with Crippen LogP contribution in [0.5, 0.6) is 0 Å². The summed E-state index contributed by atoms with van der Waals surface area (Å²) in [5.74, 6) is 0.436. The van der Waals surface area contributed by atoms with Gasteiger partial charge >= 0.3 is 0 Å². The molecule has 0 saturated carbocycles. The van der Waals surface area contributed by atoms with Gasteiger partial charge in [0.15, 0.2) is 0 Å². The maximum atomic E-state index is 13.3. The number of hydrogen-bond acceptors (Lipinski definition) is 2. The third-order valence-electron chi connectivity index (χ3n) is 2.26. The predicted molar refractivity (Wildman–Crippen MR) is 66.8 cm³/mol. The molecular formula is C13H12FNS. The molecule has 2 aromatic rings. The first-order valence-electron chi connectivity index (χ1n) is 4.98. The molecule has 0 atom stereocenters. The minimum absolute atomic E-state index is 0.162. The van der Waals surface area contributed by atoms with Crippen LogP contribution in [-0.2, 0) is 5.75 Å². The molecule has 0 bridgehead atoms. The summed E-state index contributed by atoms with van der Waals surface area (Å²) in [6, 6.07) is 14.4. The molecule has 1 nitrogen and oxygen atoms in total. The van der Waals surface area contributed by atoms with Gasteiger partial charge in [0.25, 0.3) is 0 Å². The average molecular weight is 233 g/mol. The summed E-state index contributed by atoms with van der Waals surface area (Å²) in [4.78, 5) is 0.991. The van der Waals surface area contributed by atoms with Gasteiger partial charge in [-0.05, 0) is 23.8 Å². The molecule has 2 aromatic carbocycles. The first-order chi connectivity index (χ1) is 7.77. The van der Waals surface area contributed by atoms with Crippen molar-refractivity contribution in [1.29, 1.82) is 0 Å². The minimum Gasteiger partial charge on any atom is -0.398 e. The number of nitrogens with two attached hydrogens (primary N) is 1. The highest BCUT2D eigenvalue weighted by atomic mass is 32.2. The Morgan fingerprint density at radius 3 is 2.44 bits per heavy atom. The Morgan fingerprint density at radius 2 is 1.69 bits per heavy atom. The van der Waals surface area contributed by atoms with E-state index in [4.69, 9.17) is 5.73 Å². The summed E-state index contributed by atoms with van der Waals surface area (Å²) in [6.45, 7) is 0. The number of thioether (sulfide) groups is 1. The molecule has 82 valence electrons. The van der Waals surface area contributed by atoms with Gasteiger partial charge in [0.1, 0.15) is 5.82 Å². The monoisotopic (exact) mass is 233 g/mol. The van der Waals surface area contributed by atoms with Crippen molar-refractivity contribution in [2.75, 3.05) is 5.73 Å². The Kier molecular flexibility index (Phi) is 3.47. The van der Waals surface area contributed by atoms with E-state index in [1.165, 1.54) is 6.07 Å². The van der Waals surface area contributed by atoms with E-state index in [1.54, 1.807) is 23.9 Å². The molecule has 0 aliphatic rings. The van der Waals surface area contributed by atoms with Gasteiger partial charge < -0.3 is 5.73 Å². The van der Waals surface area contributed by atoms with Crippen LogP contribution in [0.2, 0.25) is 0 Å². The lowest BCUT2D eigenvalue weighted by atomic mass is 10.2. The van der Waals surface area contributed by atoms with Crippen molar-refractivity contribution in [3.8, 4) is 0 Å². The first kappa shape index (κ1) is 11.0. The molecule has 0 unspecified atom stereocenters. The first-order valence-corrected chi connectivity index (χ1v) is 5.96. The SMILES string of the molecule is Nc1ccccc1SCc1ccccc1F. The highest BCUT2D eigenvalue weighted by Crippen LogP contribution is 2.28. The largest absolute Gasteiger partial charge is 0.398 e. The van der Waals surface area contributed by atoms with E-state index < -0.39 is 0 Å². The van der Waals surface area contributed by atoms with Crippen LogP contribution >= 0.6 is 11.8 Å². The van der Waals surface area contributed by atoms with Crippen molar-refractivity contribution < 1.29 is 4.39 Å². The zero-order valence-electron chi connectivity index (χ0n) is 8.69. The van der Waals surface area contributed by atoms with E-state index in [0.29, 0.717) is 11.3 Å². The van der Waals surface area contributed by atoms with Crippen molar-refractivity contribution in [3.05, 3.63) is 59.9 Å². The molecule has 0 aromatic heterocycles. The summed E-state index contributed by atoms with van der Waals surface area (Å²) in [6.07, 6.45) is 0. The fourth-order valence-corrected chi connectivity index (χ4v) is 2.34. The Balaban J connectivity index is 2.09. The second-order valence-electron chi connectivity index (χ2n) is 3.42. The molecule has 0 aliphatic carbocycles. The van der Waals surface area contributed by atoms with Gasteiger partial charge in [0.2, 0.25) is 0 Å². The van der Waals surface area contributed by atoms with Crippen LogP contribution in [-0.4, -0.2) is 0 Å². The van der Waals surface area contributed by atoms with Crippen molar-refractivity contribution in [1.82, 2.24) is 0 Å². The third kappa shape index (κ3) is 2.55. The molecule has 0 fully saturated rings. The van der Waals surface area contributed by atoms with E-state index in [1.807, 2.05) is 30.3 Å². The van der Waals surface area contributed by atoms with E-state index >= 15 is 0 Å². The number of para-hydroxylation sites is 1. The van der Waals surface area contributed by atoms with Crippen LogP contribution in [0.15, 0.2) is 53.4 Å². The Labute approximate surface area is 98.5 Å². The van der Waals surface area contributed by atoms with Crippen LogP contribution in [0.3, 0.4) is 0 Å². The molecular weight excluding hydrogens is 221 g/mol. The minimum atomic E-state index is -0.162. The van der Waals surface area contributed by atoms with Crippen LogP contribution in [0.1, 0.15) is 5.56 Å². The number of nitrogen functional groups attached to an aromatic ring is 1. The maximum absolute atomic E-state index is 13.3. The fraction of sp³-hybridized carbons (Fsp3) is 0.0769. The van der Waals surface area contributed by atoms with Crippen molar-refractivity contribution in [2.24, 2.45) is 0 Å². The van der Waals surface area contributed by atoms with E-state index in [9.17, 15) is 4.39 Å². The summed E-state index contributed by atoms with van der Waals surface area (Å²) >= 11 is 1.55. The number of rotatable bonds is 3. The molecule has 2 N–H and O–H groups in total. The second kappa shape index (κ2) is 5.03. The molecule has 3 heteroatoms. The number of hydrogen-bond donors (Lipinski definition) is 1. The fourth-order valence-electron chi connectivity index (χ4n) is 1.38. The molecule has 16 heavy (non-hydrogen) atoms. The average Bonchev–Trinajstić information content (AvgIpc) is 2.30.